The summed E-state index contributed by atoms with van der Waals surface area (Å²) in [6.45, 7) is 3.54. The van der Waals surface area contributed by atoms with Gasteiger partial charge in [0, 0.05) is 17.4 Å². The Morgan fingerprint density at radius 2 is 1.63 bits per heavy atom. The number of carboxylic acid groups (broad SMARTS) is 1. The lowest BCUT2D eigenvalue weighted by molar-refractivity contribution is -0.152. The summed E-state index contributed by atoms with van der Waals surface area (Å²) in [7, 11) is 0. The first kappa shape index (κ1) is 30.7. The number of aliphatic carboxylic acids is 1. The van der Waals surface area contributed by atoms with Crippen LogP contribution in [-0.4, -0.2) is 31.8 Å². The fraction of sp³-hybridized carbons (Fsp3) is 0.250. The number of thioether (sulfide) groups is 1. The van der Waals surface area contributed by atoms with E-state index in [0.717, 1.165) is 40.8 Å². The second-order valence-electron chi connectivity index (χ2n) is 9.75. The van der Waals surface area contributed by atoms with Crippen LogP contribution in [0.15, 0.2) is 58.8 Å². The van der Waals surface area contributed by atoms with Gasteiger partial charge in [-0.25, -0.2) is 13.6 Å². The quantitative estimate of drug-likeness (QED) is 0.154. The molecule has 1 saturated heterocycles. The van der Waals surface area contributed by atoms with Gasteiger partial charge < -0.3 is 9.84 Å². The number of benzene rings is 2. The molecule has 1 N–H and O–H groups in total. The van der Waals surface area contributed by atoms with E-state index in [1.165, 1.54) is 30.2 Å². The standard InChI is InChI=1S/C28H22F5NO4S3/c1-26(2,24(36)37)38-20-6-4-15(5-7-20)13-34-23(35)22(41-25(34)39)12-21-10-17(14-40-21)16-8-18(27(3,29)30)11-19(9-16)28(31,32)33/h4-12,14H,13H2,1-3H3,(H,36,37). The second kappa shape index (κ2) is 11.2. The molecular formula is C28H22F5NO4S3. The van der Waals surface area contributed by atoms with Crippen molar-refractivity contribution in [3.05, 3.63) is 80.4 Å². The Morgan fingerprint density at radius 3 is 2.22 bits per heavy atom. The van der Waals surface area contributed by atoms with Crippen molar-refractivity contribution < 1.29 is 41.4 Å². The zero-order valence-corrected chi connectivity index (χ0v) is 24.2. The summed E-state index contributed by atoms with van der Waals surface area (Å²) in [5.41, 5.74) is -2.34. The molecule has 0 spiro atoms. The number of carboxylic acids is 1. The second-order valence-corrected chi connectivity index (χ2v) is 12.4. The van der Waals surface area contributed by atoms with Crippen LogP contribution in [0, 0.1) is 0 Å². The molecule has 3 aromatic rings. The van der Waals surface area contributed by atoms with E-state index in [2.05, 4.69) is 0 Å². The number of halogens is 5. The third kappa shape index (κ3) is 7.14. The van der Waals surface area contributed by atoms with Crippen molar-refractivity contribution in [1.29, 1.82) is 0 Å². The third-order valence-corrected chi connectivity index (χ3v) is 8.28. The fourth-order valence-electron chi connectivity index (χ4n) is 3.74. The van der Waals surface area contributed by atoms with Crippen LogP contribution in [0.2, 0.25) is 0 Å². The van der Waals surface area contributed by atoms with Gasteiger partial charge in [-0.3, -0.25) is 9.69 Å². The number of nitrogens with zero attached hydrogens (tertiary/aromatic N) is 1. The van der Waals surface area contributed by atoms with Gasteiger partial charge in [0.2, 0.25) is 0 Å². The molecule has 216 valence electrons. The maximum absolute atomic E-state index is 13.9. The zero-order chi connectivity index (χ0) is 30.3. The van der Waals surface area contributed by atoms with Gasteiger partial charge in [0.15, 0.2) is 5.60 Å². The van der Waals surface area contributed by atoms with E-state index in [-0.39, 0.29) is 18.0 Å². The van der Waals surface area contributed by atoms with Crippen LogP contribution >= 0.6 is 35.3 Å². The van der Waals surface area contributed by atoms with E-state index < -0.39 is 34.8 Å². The number of carbonyl (C=O) groups excluding carboxylic acids is 1. The van der Waals surface area contributed by atoms with E-state index in [1.54, 1.807) is 30.3 Å². The molecule has 13 heteroatoms. The van der Waals surface area contributed by atoms with Gasteiger partial charge >= 0.3 is 12.1 Å². The summed E-state index contributed by atoms with van der Waals surface area (Å²) in [5.74, 6) is -4.61. The summed E-state index contributed by atoms with van der Waals surface area (Å²) in [4.78, 5) is 26.6. The summed E-state index contributed by atoms with van der Waals surface area (Å²) in [5, 5.41) is 10.8. The van der Waals surface area contributed by atoms with E-state index in [4.69, 9.17) is 17.0 Å². The molecule has 1 fully saturated rings. The molecule has 0 radical (unpaired) electrons. The van der Waals surface area contributed by atoms with Crippen molar-refractivity contribution in [2.24, 2.45) is 0 Å². The SMILES string of the molecule is CC(C)(Oc1ccc(CN2C(=O)C(=Cc3cc(-c4cc(C(C)(F)F)cc(C(F)(F)F)c4)cs3)SC2=S)cc1)C(=O)O. The molecule has 0 bridgehead atoms. The van der Waals surface area contributed by atoms with Crippen LogP contribution in [0.25, 0.3) is 17.2 Å². The molecule has 2 aromatic carbocycles. The number of rotatable bonds is 8. The fourth-order valence-corrected chi connectivity index (χ4v) is 5.91. The first-order chi connectivity index (χ1) is 18.9. The van der Waals surface area contributed by atoms with Gasteiger partial charge in [0.1, 0.15) is 10.1 Å². The van der Waals surface area contributed by atoms with Crippen molar-refractivity contribution in [2.75, 3.05) is 0 Å². The van der Waals surface area contributed by atoms with Gasteiger partial charge in [-0.15, -0.1) is 11.3 Å². The normalized spacial score (nSPS) is 15.6. The predicted octanol–water partition coefficient (Wildman–Crippen LogP) is 8.19. The van der Waals surface area contributed by atoms with Crippen LogP contribution in [0.4, 0.5) is 22.0 Å². The number of thiophene rings is 1. The zero-order valence-electron chi connectivity index (χ0n) is 21.7. The van der Waals surface area contributed by atoms with Gasteiger partial charge in [-0.05, 0) is 78.4 Å². The molecule has 41 heavy (non-hydrogen) atoms. The summed E-state index contributed by atoms with van der Waals surface area (Å²) >= 11 is 7.59. The molecule has 1 aliphatic heterocycles. The molecule has 0 atom stereocenters. The first-order valence-electron chi connectivity index (χ1n) is 11.9. The first-order valence-corrected chi connectivity index (χ1v) is 14.0. The van der Waals surface area contributed by atoms with Crippen molar-refractivity contribution in [2.45, 2.75) is 45.0 Å². The molecule has 0 unspecified atom stereocenters. The largest absolute Gasteiger partial charge is 0.478 e. The molecule has 5 nitrogen and oxygen atoms in total. The average molecular weight is 628 g/mol. The highest BCUT2D eigenvalue weighted by Gasteiger charge is 2.35. The Hall–Kier alpha value is -3.29. The Labute approximate surface area is 245 Å². The minimum Gasteiger partial charge on any atom is -0.478 e. The van der Waals surface area contributed by atoms with Crippen molar-refractivity contribution >= 4 is 57.6 Å². The number of alkyl halides is 5. The summed E-state index contributed by atoms with van der Waals surface area (Å²) in [6.07, 6.45) is -3.24. The highest BCUT2D eigenvalue weighted by molar-refractivity contribution is 8.26. The molecule has 1 aromatic heterocycles. The van der Waals surface area contributed by atoms with Gasteiger partial charge in [0.25, 0.3) is 11.8 Å². The topological polar surface area (TPSA) is 66.8 Å². The molecular weight excluding hydrogens is 606 g/mol. The number of carbonyl (C=O) groups is 2. The Bertz CT molecular complexity index is 1510. The Balaban J connectivity index is 1.52. The van der Waals surface area contributed by atoms with Crippen LogP contribution in [0.3, 0.4) is 0 Å². The molecule has 1 amide bonds. The summed E-state index contributed by atoms with van der Waals surface area (Å²) < 4.78 is 73.8. The molecule has 1 aliphatic rings. The number of hydrogen-bond donors (Lipinski definition) is 1. The minimum atomic E-state index is -4.80. The highest BCUT2D eigenvalue weighted by Crippen LogP contribution is 2.40. The average Bonchev–Trinajstić information content (AvgIpc) is 3.44. The summed E-state index contributed by atoms with van der Waals surface area (Å²) in [6, 6.07) is 10.4. The number of hydrogen-bond acceptors (Lipinski definition) is 6. The van der Waals surface area contributed by atoms with E-state index in [0.29, 0.717) is 38.4 Å². The van der Waals surface area contributed by atoms with Crippen LogP contribution < -0.4 is 4.74 Å². The lowest BCUT2D eigenvalue weighted by Crippen LogP contribution is -2.37. The Kier molecular flexibility index (Phi) is 8.36. The number of amides is 1. The Morgan fingerprint density at radius 1 is 1.00 bits per heavy atom. The maximum Gasteiger partial charge on any atom is 0.416 e. The molecule has 4 rings (SSSR count). The molecule has 0 aliphatic carbocycles. The molecule has 0 saturated carbocycles. The van der Waals surface area contributed by atoms with E-state index in [9.17, 15) is 36.6 Å². The van der Waals surface area contributed by atoms with E-state index in [1.807, 2.05) is 0 Å². The highest BCUT2D eigenvalue weighted by atomic mass is 32.2. The molecule has 2 heterocycles. The van der Waals surface area contributed by atoms with Gasteiger partial charge in [-0.1, -0.05) is 36.1 Å². The predicted molar refractivity (Wildman–Crippen MR) is 152 cm³/mol. The minimum absolute atomic E-state index is 0.0148. The number of ether oxygens (including phenoxy) is 1. The lowest BCUT2D eigenvalue weighted by Gasteiger charge is -2.21. The monoisotopic (exact) mass is 627 g/mol. The number of thiocarbonyl (C=S) groups is 1. The van der Waals surface area contributed by atoms with Crippen molar-refractivity contribution in [1.82, 2.24) is 4.90 Å². The smallest absolute Gasteiger partial charge is 0.416 e. The maximum atomic E-state index is 13.9. The third-order valence-electron chi connectivity index (χ3n) is 6.02. The van der Waals surface area contributed by atoms with Gasteiger partial charge in [-0.2, -0.15) is 13.2 Å². The van der Waals surface area contributed by atoms with Gasteiger partial charge in [0.05, 0.1) is 17.0 Å². The van der Waals surface area contributed by atoms with Crippen LogP contribution in [-0.2, 0) is 28.2 Å². The van der Waals surface area contributed by atoms with E-state index >= 15 is 0 Å². The van der Waals surface area contributed by atoms with Crippen molar-refractivity contribution in [3.8, 4) is 16.9 Å². The van der Waals surface area contributed by atoms with Crippen LogP contribution in [0.1, 0.15) is 42.3 Å². The van der Waals surface area contributed by atoms with Crippen LogP contribution in [0.5, 0.6) is 5.75 Å². The van der Waals surface area contributed by atoms with Crippen molar-refractivity contribution in [3.63, 3.8) is 0 Å². The lowest BCUT2D eigenvalue weighted by atomic mass is 9.98.